The normalized spacial score (nSPS) is 10.7. The van der Waals surface area contributed by atoms with Crippen LogP contribution in [0.1, 0.15) is 22.5 Å². The highest BCUT2D eigenvalue weighted by molar-refractivity contribution is 5.82. The van der Waals surface area contributed by atoms with Crippen LogP contribution in [-0.4, -0.2) is 9.55 Å². The Balaban J connectivity index is 1.91. The van der Waals surface area contributed by atoms with Crippen molar-refractivity contribution in [2.75, 3.05) is 0 Å². The van der Waals surface area contributed by atoms with Gasteiger partial charge in [-0.25, -0.2) is 4.98 Å². The Morgan fingerprint density at radius 2 is 1.95 bits per heavy atom. The number of nitrogens with zero attached hydrogens (tertiary/aromatic N) is 3. The zero-order valence-corrected chi connectivity index (χ0v) is 12.3. The maximum absolute atomic E-state index is 9.17. The summed E-state index contributed by atoms with van der Waals surface area (Å²) in [6, 6.07) is 16.5. The molecule has 1 heterocycles. The number of nitriles is 1. The Labute approximate surface area is 124 Å². The maximum atomic E-state index is 9.17. The van der Waals surface area contributed by atoms with Crippen LogP contribution in [0.2, 0.25) is 0 Å². The summed E-state index contributed by atoms with van der Waals surface area (Å²) in [4.78, 5) is 4.66. The molecule has 3 heteroatoms. The second-order valence-corrected chi connectivity index (χ2v) is 5.36. The van der Waals surface area contributed by atoms with Gasteiger partial charge in [-0.05, 0) is 31.0 Å². The van der Waals surface area contributed by atoms with Gasteiger partial charge in [0.05, 0.1) is 11.1 Å². The number of aryl methyl sites for hydroxylation is 4. The third kappa shape index (κ3) is 2.53. The third-order valence-corrected chi connectivity index (χ3v) is 3.84. The highest BCUT2D eigenvalue weighted by Gasteiger charge is 2.10. The Kier molecular flexibility index (Phi) is 3.45. The molecule has 0 amide bonds. The molecule has 0 radical (unpaired) electrons. The SMILES string of the molecule is Cc1cccc(CCc2nc3c(C#N)cccc3n2C)c1. The van der Waals surface area contributed by atoms with Crippen LogP contribution < -0.4 is 0 Å². The average molecular weight is 275 g/mol. The number of benzene rings is 2. The second-order valence-electron chi connectivity index (χ2n) is 5.36. The topological polar surface area (TPSA) is 41.6 Å². The zero-order valence-electron chi connectivity index (χ0n) is 12.3. The van der Waals surface area contributed by atoms with Crippen LogP contribution >= 0.6 is 0 Å². The van der Waals surface area contributed by atoms with E-state index in [2.05, 4.69) is 46.8 Å². The van der Waals surface area contributed by atoms with Crippen LogP contribution in [0.5, 0.6) is 0 Å². The zero-order chi connectivity index (χ0) is 14.8. The van der Waals surface area contributed by atoms with Crippen molar-refractivity contribution >= 4 is 11.0 Å². The fourth-order valence-corrected chi connectivity index (χ4v) is 2.70. The van der Waals surface area contributed by atoms with E-state index in [9.17, 15) is 5.26 Å². The van der Waals surface area contributed by atoms with Crippen LogP contribution in [0.4, 0.5) is 0 Å². The van der Waals surface area contributed by atoms with E-state index in [1.54, 1.807) is 0 Å². The van der Waals surface area contributed by atoms with Gasteiger partial charge in [-0.15, -0.1) is 0 Å². The van der Waals surface area contributed by atoms with Gasteiger partial charge >= 0.3 is 0 Å². The smallest absolute Gasteiger partial charge is 0.109 e. The lowest BCUT2D eigenvalue weighted by Gasteiger charge is -2.04. The lowest BCUT2D eigenvalue weighted by atomic mass is 10.1. The Bertz CT molecular complexity index is 837. The molecule has 0 aliphatic rings. The summed E-state index contributed by atoms with van der Waals surface area (Å²) in [5, 5.41) is 9.17. The summed E-state index contributed by atoms with van der Waals surface area (Å²) in [5.41, 5.74) is 5.08. The molecule has 0 aliphatic carbocycles. The fraction of sp³-hybridized carbons (Fsp3) is 0.222. The molecule has 3 aromatic rings. The molecule has 0 bridgehead atoms. The molecule has 104 valence electrons. The predicted octanol–water partition coefficient (Wildman–Crippen LogP) is 3.54. The summed E-state index contributed by atoms with van der Waals surface area (Å²) >= 11 is 0. The van der Waals surface area contributed by atoms with Gasteiger partial charge in [0.2, 0.25) is 0 Å². The predicted molar refractivity (Wildman–Crippen MR) is 84.0 cm³/mol. The summed E-state index contributed by atoms with van der Waals surface area (Å²) in [6.07, 6.45) is 1.83. The molecule has 0 N–H and O–H groups in total. The van der Waals surface area contributed by atoms with Crippen molar-refractivity contribution in [3.8, 4) is 6.07 Å². The average Bonchev–Trinajstić information content (AvgIpc) is 2.82. The molecule has 0 saturated carbocycles. The molecule has 0 unspecified atom stereocenters. The largest absolute Gasteiger partial charge is 0.331 e. The highest BCUT2D eigenvalue weighted by atomic mass is 15.1. The van der Waals surface area contributed by atoms with E-state index in [0.29, 0.717) is 5.56 Å². The molecule has 2 aromatic carbocycles. The first-order valence-corrected chi connectivity index (χ1v) is 7.09. The van der Waals surface area contributed by atoms with Crippen LogP contribution in [0.3, 0.4) is 0 Å². The summed E-state index contributed by atoms with van der Waals surface area (Å²) < 4.78 is 2.09. The number of para-hydroxylation sites is 1. The molecule has 0 saturated heterocycles. The molecule has 3 nitrogen and oxygen atoms in total. The molecule has 0 spiro atoms. The van der Waals surface area contributed by atoms with Gasteiger partial charge < -0.3 is 4.57 Å². The van der Waals surface area contributed by atoms with Gasteiger partial charge in [0.1, 0.15) is 17.4 Å². The second kappa shape index (κ2) is 5.41. The molecule has 1 aromatic heterocycles. The summed E-state index contributed by atoms with van der Waals surface area (Å²) in [6.45, 7) is 2.11. The highest BCUT2D eigenvalue weighted by Crippen LogP contribution is 2.19. The van der Waals surface area contributed by atoms with E-state index in [-0.39, 0.29) is 0 Å². The first-order chi connectivity index (χ1) is 10.2. The van der Waals surface area contributed by atoms with Crippen molar-refractivity contribution in [1.82, 2.24) is 9.55 Å². The molecule has 0 aliphatic heterocycles. The lowest BCUT2D eigenvalue weighted by Crippen LogP contribution is -2.00. The maximum Gasteiger partial charge on any atom is 0.109 e. The molecule has 0 atom stereocenters. The quantitative estimate of drug-likeness (QED) is 0.733. The standard InChI is InChI=1S/C18H17N3/c1-13-5-3-6-14(11-13)9-10-17-20-18-15(12-19)7-4-8-16(18)21(17)2/h3-8,11H,9-10H2,1-2H3. The van der Waals surface area contributed by atoms with Crippen molar-refractivity contribution in [3.05, 3.63) is 65.0 Å². The minimum atomic E-state index is 0.643. The van der Waals surface area contributed by atoms with Gasteiger partial charge in [-0.1, -0.05) is 35.9 Å². The lowest BCUT2D eigenvalue weighted by molar-refractivity contribution is 0.786. The number of rotatable bonds is 3. The van der Waals surface area contributed by atoms with Crippen molar-refractivity contribution in [2.24, 2.45) is 7.05 Å². The molecule has 0 fully saturated rings. The monoisotopic (exact) mass is 275 g/mol. The van der Waals surface area contributed by atoms with Crippen LogP contribution in [0, 0.1) is 18.3 Å². The van der Waals surface area contributed by atoms with Crippen molar-refractivity contribution in [2.45, 2.75) is 19.8 Å². The van der Waals surface area contributed by atoms with E-state index in [0.717, 1.165) is 29.7 Å². The molecular formula is C18H17N3. The van der Waals surface area contributed by atoms with Crippen LogP contribution in [-0.2, 0) is 19.9 Å². The van der Waals surface area contributed by atoms with E-state index >= 15 is 0 Å². The first-order valence-electron chi connectivity index (χ1n) is 7.09. The van der Waals surface area contributed by atoms with E-state index in [1.807, 2.05) is 25.2 Å². The van der Waals surface area contributed by atoms with Crippen LogP contribution in [0.25, 0.3) is 11.0 Å². The van der Waals surface area contributed by atoms with Crippen LogP contribution in [0.15, 0.2) is 42.5 Å². The molecular weight excluding hydrogens is 258 g/mol. The van der Waals surface area contributed by atoms with E-state index in [1.165, 1.54) is 11.1 Å². The summed E-state index contributed by atoms with van der Waals surface area (Å²) in [7, 11) is 2.02. The number of imidazole rings is 1. The Morgan fingerprint density at radius 1 is 1.14 bits per heavy atom. The van der Waals surface area contributed by atoms with Gasteiger partial charge in [-0.2, -0.15) is 5.26 Å². The number of hydrogen-bond donors (Lipinski definition) is 0. The Hall–Kier alpha value is -2.60. The van der Waals surface area contributed by atoms with Gasteiger partial charge in [0, 0.05) is 13.5 Å². The van der Waals surface area contributed by atoms with Gasteiger partial charge in [-0.3, -0.25) is 0 Å². The fourth-order valence-electron chi connectivity index (χ4n) is 2.70. The number of aromatic nitrogens is 2. The summed E-state index contributed by atoms with van der Waals surface area (Å²) in [5.74, 6) is 1.02. The number of hydrogen-bond acceptors (Lipinski definition) is 2. The third-order valence-electron chi connectivity index (χ3n) is 3.84. The first kappa shape index (κ1) is 13.4. The molecule has 3 rings (SSSR count). The van der Waals surface area contributed by atoms with E-state index in [4.69, 9.17) is 0 Å². The Morgan fingerprint density at radius 3 is 2.71 bits per heavy atom. The minimum absolute atomic E-state index is 0.643. The van der Waals surface area contributed by atoms with Gasteiger partial charge in [0.25, 0.3) is 0 Å². The van der Waals surface area contributed by atoms with E-state index < -0.39 is 0 Å². The number of fused-ring (bicyclic) bond motifs is 1. The van der Waals surface area contributed by atoms with Crippen molar-refractivity contribution < 1.29 is 0 Å². The minimum Gasteiger partial charge on any atom is -0.331 e. The van der Waals surface area contributed by atoms with Crippen molar-refractivity contribution in [1.29, 1.82) is 5.26 Å². The van der Waals surface area contributed by atoms with Crippen molar-refractivity contribution in [3.63, 3.8) is 0 Å². The van der Waals surface area contributed by atoms with Gasteiger partial charge in [0.15, 0.2) is 0 Å². The molecule has 21 heavy (non-hydrogen) atoms.